The summed E-state index contributed by atoms with van der Waals surface area (Å²) in [5, 5.41) is 5.51. The van der Waals surface area contributed by atoms with Crippen molar-refractivity contribution in [2.24, 2.45) is 5.92 Å². The third kappa shape index (κ3) is 3.66. The van der Waals surface area contributed by atoms with Gasteiger partial charge >= 0.3 is 0 Å². The van der Waals surface area contributed by atoms with Gasteiger partial charge in [-0.1, -0.05) is 12.1 Å². The molecule has 0 saturated heterocycles. The van der Waals surface area contributed by atoms with Gasteiger partial charge in [0.2, 0.25) is 5.91 Å². The van der Waals surface area contributed by atoms with Gasteiger partial charge in [0, 0.05) is 5.92 Å². The van der Waals surface area contributed by atoms with E-state index in [4.69, 9.17) is 4.74 Å². The van der Waals surface area contributed by atoms with Crippen LogP contribution in [0.15, 0.2) is 42.6 Å². The third-order valence-corrected chi connectivity index (χ3v) is 3.57. The fourth-order valence-corrected chi connectivity index (χ4v) is 2.15. The molecule has 118 valence electrons. The van der Waals surface area contributed by atoms with Crippen LogP contribution in [0.3, 0.4) is 0 Å². The molecule has 1 saturated carbocycles. The van der Waals surface area contributed by atoms with Gasteiger partial charge in [-0.2, -0.15) is 0 Å². The highest BCUT2D eigenvalue weighted by Crippen LogP contribution is 2.30. The number of amides is 2. The predicted octanol–water partition coefficient (Wildman–Crippen LogP) is 2.69. The lowest BCUT2D eigenvalue weighted by molar-refractivity contribution is -0.117. The predicted molar refractivity (Wildman–Crippen MR) is 86.5 cm³/mol. The minimum absolute atomic E-state index is 0.0256. The van der Waals surface area contributed by atoms with Gasteiger partial charge in [-0.3, -0.25) is 9.59 Å². The Bertz CT molecular complexity index is 724. The molecule has 2 N–H and O–H groups in total. The quantitative estimate of drug-likeness (QED) is 0.889. The first kappa shape index (κ1) is 15.0. The Morgan fingerprint density at radius 3 is 2.57 bits per heavy atom. The number of hydrogen-bond acceptors (Lipinski definition) is 4. The van der Waals surface area contributed by atoms with Crippen molar-refractivity contribution in [3.63, 3.8) is 0 Å². The molecule has 23 heavy (non-hydrogen) atoms. The average molecular weight is 311 g/mol. The fraction of sp³-hybridized carbons (Fsp3) is 0.235. The highest BCUT2D eigenvalue weighted by molar-refractivity contribution is 6.05. The summed E-state index contributed by atoms with van der Waals surface area (Å²) < 4.78 is 5.17. The number of aromatic nitrogens is 1. The van der Waals surface area contributed by atoms with E-state index in [2.05, 4.69) is 15.6 Å². The summed E-state index contributed by atoms with van der Waals surface area (Å²) in [5.41, 5.74) is 1.06. The minimum Gasteiger partial charge on any atom is -0.496 e. The van der Waals surface area contributed by atoms with Crippen LogP contribution < -0.4 is 15.4 Å². The fourth-order valence-electron chi connectivity index (χ4n) is 2.15. The second kappa shape index (κ2) is 6.48. The molecule has 0 unspecified atom stereocenters. The van der Waals surface area contributed by atoms with Crippen molar-refractivity contribution in [2.45, 2.75) is 12.8 Å². The van der Waals surface area contributed by atoms with Crippen LogP contribution in [0.5, 0.6) is 5.75 Å². The number of benzene rings is 1. The number of pyridine rings is 1. The van der Waals surface area contributed by atoms with E-state index in [1.807, 2.05) is 0 Å². The zero-order chi connectivity index (χ0) is 16.2. The number of para-hydroxylation sites is 1. The number of methoxy groups -OCH3 is 1. The number of hydrogen-bond donors (Lipinski definition) is 2. The first-order valence-electron chi connectivity index (χ1n) is 7.38. The number of rotatable bonds is 5. The summed E-state index contributed by atoms with van der Waals surface area (Å²) in [7, 11) is 1.52. The molecule has 3 rings (SSSR count). The smallest absolute Gasteiger partial charge is 0.260 e. The molecule has 0 bridgehead atoms. The number of nitrogens with zero attached hydrogens (tertiary/aromatic N) is 1. The van der Waals surface area contributed by atoms with Crippen molar-refractivity contribution in [1.29, 1.82) is 0 Å². The molecule has 2 aromatic rings. The Balaban J connectivity index is 1.65. The molecule has 1 heterocycles. The lowest BCUT2D eigenvalue weighted by Crippen LogP contribution is -2.15. The Morgan fingerprint density at radius 1 is 1.13 bits per heavy atom. The molecule has 1 aliphatic rings. The van der Waals surface area contributed by atoms with E-state index in [1.165, 1.54) is 13.3 Å². The summed E-state index contributed by atoms with van der Waals surface area (Å²) in [4.78, 5) is 28.1. The summed E-state index contributed by atoms with van der Waals surface area (Å²) in [6.45, 7) is 0. The Labute approximate surface area is 133 Å². The van der Waals surface area contributed by atoms with Crippen LogP contribution in [0.1, 0.15) is 23.2 Å². The van der Waals surface area contributed by atoms with Crippen molar-refractivity contribution in [1.82, 2.24) is 4.98 Å². The third-order valence-electron chi connectivity index (χ3n) is 3.57. The molecule has 0 spiro atoms. The minimum atomic E-state index is -0.301. The Hall–Kier alpha value is -2.89. The maximum Gasteiger partial charge on any atom is 0.260 e. The topological polar surface area (TPSA) is 80.3 Å². The van der Waals surface area contributed by atoms with Crippen molar-refractivity contribution >= 4 is 23.3 Å². The largest absolute Gasteiger partial charge is 0.496 e. The van der Waals surface area contributed by atoms with E-state index >= 15 is 0 Å². The molecule has 6 heteroatoms. The standard InChI is InChI=1S/C17H17N3O3/c1-23-14-5-3-2-4-13(14)17(22)20-15-9-8-12(10-18-15)19-16(21)11-6-7-11/h2-5,8-11H,6-7H2,1H3,(H,19,21)(H,18,20,22). The SMILES string of the molecule is COc1ccccc1C(=O)Nc1ccc(NC(=O)C2CC2)cn1. The zero-order valence-corrected chi connectivity index (χ0v) is 12.7. The first-order chi connectivity index (χ1) is 11.2. The zero-order valence-electron chi connectivity index (χ0n) is 12.7. The number of nitrogens with one attached hydrogen (secondary N) is 2. The molecule has 0 radical (unpaired) electrons. The number of anilines is 2. The summed E-state index contributed by atoms with van der Waals surface area (Å²) in [6.07, 6.45) is 3.43. The molecule has 0 atom stereocenters. The van der Waals surface area contributed by atoms with Gasteiger partial charge in [0.05, 0.1) is 24.6 Å². The van der Waals surface area contributed by atoms with E-state index in [1.54, 1.807) is 36.4 Å². The average Bonchev–Trinajstić information content (AvgIpc) is 3.41. The van der Waals surface area contributed by atoms with Crippen molar-refractivity contribution in [3.8, 4) is 5.75 Å². The molecular weight excluding hydrogens is 294 g/mol. The van der Waals surface area contributed by atoms with Crippen LogP contribution in [0.25, 0.3) is 0 Å². The maximum atomic E-state index is 12.3. The van der Waals surface area contributed by atoms with Crippen LogP contribution in [-0.4, -0.2) is 23.9 Å². The highest BCUT2D eigenvalue weighted by atomic mass is 16.5. The van der Waals surface area contributed by atoms with Gasteiger partial charge in [-0.15, -0.1) is 0 Å². The second-order valence-electron chi connectivity index (χ2n) is 5.35. The van der Waals surface area contributed by atoms with Crippen molar-refractivity contribution < 1.29 is 14.3 Å². The molecule has 1 aliphatic carbocycles. The molecule has 1 aromatic heterocycles. The van der Waals surface area contributed by atoms with E-state index < -0.39 is 0 Å². The van der Waals surface area contributed by atoms with E-state index in [0.29, 0.717) is 22.8 Å². The number of ether oxygens (including phenoxy) is 1. The molecule has 0 aliphatic heterocycles. The van der Waals surface area contributed by atoms with Gasteiger partial charge in [0.15, 0.2) is 0 Å². The van der Waals surface area contributed by atoms with E-state index in [9.17, 15) is 9.59 Å². The Kier molecular flexibility index (Phi) is 4.23. The van der Waals surface area contributed by atoms with Crippen LogP contribution in [0.2, 0.25) is 0 Å². The number of carbonyl (C=O) groups is 2. The van der Waals surface area contributed by atoms with Crippen molar-refractivity contribution in [3.05, 3.63) is 48.2 Å². The van der Waals surface area contributed by atoms with Gasteiger partial charge in [0.1, 0.15) is 11.6 Å². The molecule has 2 amide bonds. The normalized spacial score (nSPS) is 13.3. The lowest BCUT2D eigenvalue weighted by atomic mass is 10.2. The van der Waals surface area contributed by atoms with Gasteiger partial charge in [-0.05, 0) is 37.1 Å². The monoisotopic (exact) mass is 311 g/mol. The summed E-state index contributed by atoms with van der Waals surface area (Å²) in [5.74, 6) is 0.769. The van der Waals surface area contributed by atoms with Gasteiger partial charge in [0.25, 0.3) is 5.91 Å². The molecule has 6 nitrogen and oxygen atoms in total. The van der Waals surface area contributed by atoms with Crippen LogP contribution in [0, 0.1) is 5.92 Å². The summed E-state index contributed by atoms with van der Waals surface area (Å²) in [6, 6.07) is 10.3. The van der Waals surface area contributed by atoms with E-state index in [0.717, 1.165) is 12.8 Å². The van der Waals surface area contributed by atoms with Gasteiger partial charge in [-0.25, -0.2) is 4.98 Å². The summed E-state index contributed by atoms with van der Waals surface area (Å²) >= 11 is 0. The van der Waals surface area contributed by atoms with Crippen LogP contribution >= 0.6 is 0 Å². The van der Waals surface area contributed by atoms with Gasteiger partial charge < -0.3 is 15.4 Å². The highest BCUT2D eigenvalue weighted by Gasteiger charge is 2.29. The van der Waals surface area contributed by atoms with Crippen LogP contribution in [-0.2, 0) is 4.79 Å². The first-order valence-corrected chi connectivity index (χ1v) is 7.38. The molecular formula is C17H17N3O3. The maximum absolute atomic E-state index is 12.3. The second-order valence-corrected chi connectivity index (χ2v) is 5.35. The number of carbonyl (C=O) groups excluding carboxylic acids is 2. The Morgan fingerprint density at radius 2 is 1.91 bits per heavy atom. The van der Waals surface area contributed by atoms with Crippen LogP contribution in [0.4, 0.5) is 11.5 Å². The molecule has 1 fully saturated rings. The van der Waals surface area contributed by atoms with Crippen molar-refractivity contribution in [2.75, 3.05) is 17.7 Å². The van der Waals surface area contributed by atoms with E-state index in [-0.39, 0.29) is 17.7 Å². The molecule has 1 aromatic carbocycles. The lowest BCUT2D eigenvalue weighted by Gasteiger charge is -2.09.